The van der Waals surface area contributed by atoms with E-state index in [9.17, 15) is 36.4 Å². The first kappa shape index (κ1) is 27.8. The van der Waals surface area contributed by atoms with Crippen molar-refractivity contribution in [2.75, 3.05) is 18.0 Å². The van der Waals surface area contributed by atoms with Gasteiger partial charge in [-0.1, -0.05) is 11.6 Å². The molecule has 0 spiro atoms. The Bertz CT molecular complexity index is 1580. The van der Waals surface area contributed by atoms with Gasteiger partial charge in [0.15, 0.2) is 15.7 Å². The molecule has 218 valence electrons. The van der Waals surface area contributed by atoms with Crippen LogP contribution in [0.4, 0.5) is 18.9 Å². The lowest BCUT2D eigenvalue weighted by molar-refractivity contribution is -0.199. The molecule has 16 heteroatoms. The molecular weight excluding hydrogens is 587 g/mol. The van der Waals surface area contributed by atoms with E-state index in [4.69, 9.17) is 11.6 Å². The van der Waals surface area contributed by atoms with E-state index in [1.54, 1.807) is 12.4 Å². The van der Waals surface area contributed by atoms with Crippen LogP contribution in [-0.4, -0.2) is 76.0 Å². The monoisotopic (exact) mass is 611 g/mol. The minimum atomic E-state index is -4.84. The van der Waals surface area contributed by atoms with Gasteiger partial charge in [0.05, 0.1) is 27.8 Å². The molecule has 2 aliphatic heterocycles. The van der Waals surface area contributed by atoms with Gasteiger partial charge in [0.25, 0.3) is 0 Å². The number of halogens is 4. The number of rotatable bonds is 6. The third kappa shape index (κ3) is 4.61. The van der Waals surface area contributed by atoms with Crippen molar-refractivity contribution in [3.8, 4) is 6.07 Å². The lowest BCUT2D eigenvalue weighted by Gasteiger charge is -2.29. The molecule has 2 aromatic rings. The van der Waals surface area contributed by atoms with Gasteiger partial charge in [-0.2, -0.15) is 18.4 Å². The van der Waals surface area contributed by atoms with Crippen LogP contribution in [0, 0.1) is 16.7 Å². The molecule has 4 aliphatic rings. The molecule has 0 unspecified atom stereocenters. The Morgan fingerprint density at radius 1 is 1.17 bits per heavy atom. The number of benzene rings is 1. The second-order valence-electron chi connectivity index (χ2n) is 11.1. The Hall–Kier alpha value is -3.38. The Labute approximate surface area is 238 Å². The van der Waals surface area contributed by atoms with Gasteiger partial charge in [-0.25, -0.2) is 8.42 Å². The molecule has 2 atom stereocenters. The van der Waals surface area contributed by atoms with Crippen LogP contribution in [-0.2, 0) is 32.5 Å². The van der Waals surface area contributed by atoms with Gasteiger partial charge in [0, 0.05) is 25.3 Å². The van der Waals surface area contributed by atoms with Crippen LogP contribution < -0.4 is 10.2 Å². The van der Waals surface area contributed by atoms with Gasteiger partial charge in [0.1, 0.15) is 23.3 Å². The number of anilines is 1. The van der Waals surface area contributed by atoms with E-state index < -0.39 is 75.9 Å². The Kier molecular flexibility index (Phi) is 6.31. The molecule has 0 radical (unpaired) electrons. The summed E-state index contributed by atoms with van der Waals surface area (Å²) in [5.74, 6) is -1.42. The van der Waals surface area contributed by atoms with Crippen LogP contribution in [0.25, 0.3) is 0 Å². The number of sulfone groups is 1. The number of nitrogens with zero attached hydrogens (tertiary/aromatic N) is 6. The quantitative estimate of drug-likeness (QED) is 0.524. The number of carbonyl (C=O) groups excluding carboxylic acids is 2. The summed E-state index contributed by atoms with van der Waals surface area (Å²) in [6.45, 7) is 1.07. The zero-order valence-corrected chi connectivity index (χ0v) is 23.1. The van der Waals surface area contributed by atoms with E-state index in [-0.39, 0.29) is 9.92 Å². The minimum Gasteiger partial charge on any atom is -0.362 e. The van der Waals surface area contributed by atoms with E-state index >= 15 is 0 Å². The molecule has 6 rings (SSSR count). The van der Waals surface area contributed by atoms with Crippen molar-refractivity contribution in [1.29, 1.82) is 5.26 Å². The van der Waals surface area contributed by atoms with Gasteiger partial charge in [-0.05, 0) is 50.3 Å². The second-order valence-corrected chi connectivity index (χ2v) is 13.7. The molecule has 11 nitrogen and oxygen atoms in total. The van der Waals surface area contributed by atoms with Crippen molar-refractivity contribution in [1.82, 2.24) is 25.0 Å². The summed E-state index contributed by atoms with van der Waals surface area (Å²) in [4.78, 5) is 28.8. The zero-order chi connectivity index (χ0) is 29.4. The average Bonchev–Trinajstić information content (AvgIpc) is 3.80. The SMILES string of the molecule is N#CC1(NC(=O)[C@@H]2C[C@@H](S(=O)(=O)c3ccc(N4CCn5cnnc5C4)cc3Cl)CN2C(=O)C2(C(F)(F)F)CC2)CC1. The predicted molar refractivity (Wildman–Crippen MR) is 137 cm³/mol. The fourth-order valence-electron chi connectivity index (χ4n) is 5.61. The highest BCUT2D eigenvalue weighted by Gasteiger charge is 2.70. The fourth-order valence-corrected chi connectivity index (χ4v) is 7.84. The number of aromatic nitrogens is 3. The summed E-state index contributed by atoms with van der Waals surface area (Å²) in [5, 5.41) is 18.4. The second kappa shape index (κ2) is 9.32. The van der Waals surface area contributed by atoms with E-state index in [0.29, 0.717) is 38.2 Å². The third-order valence-electron chi connectivity index (χ3n) is 8.52. The fraction of sp³-hybridized carbons (Fsp3) is 0.560. The lowest BCUT2D eigenvalue weighted by atomic mass is 10.0. The van der Waals surface area contributed by atoms with Crippen molar-refractivity contribution in [3.63, 3.8) is 0 Å². The highest BCUT2D eigenvalue weighted by molar-refractivity contribution is 7.92. The molecule has 1 aromatic heterocycles. The largest absolute Gasteiger partial charge is 0.403 e. The summed E-state index contributed by atoms with van der Waals surface area (Å²) in [7, 11) is -4.28. The first-order valence-electron chi connectivity index (χ1n) is 13.1. The van der Waals surface area contributed by atoms with Crippen molar-refractivity contribution in [2.24, 2.45) is 5.41 Å². The maximum Gasteiger partial charge on any atom is 0.403 e. The van der Waals surface area contributed by atoms with Crippen LogP contribution in [0.3, 0.4) is 0 Å². The van der Waals surface area contributed by atoms with Gasteiger partial charge >= 0.3 is 6.18 Å². The molecule has 2 aliphatic carbocycles. The summed E-state index contributed by atoms with van der Waals surface area (Å²) >= 11 is 6.46. The van der Waals surface area contributed by atoms with Gasteiger partial charge in [-0.3, -0.25) is 9.59 Å². The number of amides is 2. The Balaban J connectivity index is 1.27. The molecule has 0 bridgehead atoms. The molecule has 1 saturated heterocycles. The van der Waals surface area contributed by atoms with Gasteiger partial charge in [-0.15, -0.1) is 10.2 Å². The molecular formula is C25H25ClF3N7O4S. The number of hydrogen-bond donors (Lipinski definition) is 1. The number of alkyl halides is 3. The van der Waals surface area contributed by atoms with Crippen molar-refractivity contribution >= 4 is 38.9 Å². The van der Waals surface area contributed by atoms with Crippen LogP contribution in [0.1, 0.15) is 37.9 Å². The molecule has 41 heavy (non-hydrogen) atoms. The summed E-state index contributed by atoms with van der Waals surface area (Å²) in [6.07, 6.45) is -3.77. The van der Waals surface area contributed by atoms with Crippen LogP contribution in [0.15, 0.2) is 29.4 Å². The van der Waals surface area contributed by atoms with Crippen LogP contribution >= 0.6 is 11.6 Å². The smallest absolute Gasteiger partial charge is 0.362 e. The summed E-state index contributed by atoms with van der Waals surface area (Å²) < 4.78 is 70.9. The number of nitriles is 1. The molecule has 1 aromatic carbocycles. The Morgan fingerprint density at radius 2 is 1.90 bits per heavy atom. The normalized spacial score (nSPS) is 24.4. The number of likely N-dealkylation sites (tertiary alicyclic amines) is 1. The summed E-state index contributed by atoms with van der Waals surface area (Å²) in [6, 6.07) is 4.90. The van der Waals surface area contributed by atoms with E-state index in [1.165, 1.54) is 12.1 Å². The van der Waals surface area contributed by atoms with Crippen molar-refractivity contribution in [2.45, 2.75) is 73.1 Å². The predicted octanol–water partition coefficient (Wildman–Crippen LogP) is 2.21. The highest BCUT2D eigenvalue weighted by atomic mass is 35.5. The van der Waals surface area contributed by atoms with Gasteiger partial charge in [0.2, 0.25) is 11.8 Å². The van der Waals surface area contributed by atoms with Crippen LogP contribution in [0.2, 0.25) is 5.02 Å². The number of carbonyl (C=O) groups is 2. The number of hydrogen-bond acceptors (Lipinski definition) is 8. The standard InChI is InChI=1S/C25H25ClF3N7O4S/c26-17-9-15(34-7-8-35-14-31-33-20(35)12-34)1-2-19(17)41(39,40)16-10-18(21(37)32-23(13-30)3-4-23)36(11-16)22(38)24(5-6-24)25(27,28)29/h1-2,9,14,16,18H,3-8,10-12H2,(H,32,37)/t16-,18+/m1/s1. The minimum absolute atomic E-state index is 0.0873. The first-order chi connectivity index (χ1) is 19.3. The van der Waals surface area contributed by atoms with E-state index in [1.807, 2.05) is 15.5 Å². The maximum absolute atomic E-state index is 13.8. The average molecular weight is 612 g/mol. The molecule has 3 fully saturated rings. The van der Waals surface area contributed by atoms with Crippen molar-refractivity contribution < 1.29 is 31.2 Å². The summed E-state index contributed by atoms with van der Waals surface area (Å²) in [5.41, 5.74) is -3.13. The third-order valence-corrected chi connectivity index (χ3v) is 11.1. The number of nitrogens with one attached hydrogen (secondary N) is 1. The van der Waals surface area contributed by atoms with E-state index in [0.717, 1.165) is 10.7 Å². The number of fused-ring (bicyclic) bond motifs is 1. The lowest BCUT2D eigenvalue weighted by Crippen LogP contribution is -2.53. The topological polar surface area (TPSA) is 141 Å². The van der Waals surface area contributed by atoms with Crippen molar-refractivity contribution in [3.05, 3.63) is 35.4 Å². The molecule has 1 N–H and O–H groups in total. The zero-order valence-electron chi connectivity index (χ0n) is 21.6. The highest BCUT2D eigenvalue weighted by Crippen LogP contribution is 2.59. The van der Waals surface area contributed by atoms with Gasteiger partial charge < -0.3 is 19.7 Å². The maximum atomic E-state index is 13.8. The molecule has 2 saturated carbocycles. The molecule has 2 amide bonds. The first-order valence-corrected chi connectivity index (χ1v) is 15.0. The van der Waals surface area contributed by atoms with Crippen LogP contribution in [0.5, 0.6) is 0 Å². The Morgan fingerprint density at radius 3 is 2.51 bits per heavy atom. The van der Waals surface area contributed by atoms with E-state index in [2.05, 4.69) is 15.5 Å². The molecule has 3 heterocycles.